The van der Waals surface area contributed by atoms with Gasteiger partial charge in [-0.15, -0.1) is 0 Å². The predicted octanol–water partition coefficient (Wildman–Crippen LogP) is 9.39. The van der Waals surface area contributed by atoms with E-state index in [1.807, 2.05) is 13.8 Å². The summed E-state index contributed by atoms with van der Waals surface area (Å²) in [4.78, 5) is 0. The van der Waals surface area contributed by atoms with E-state index in [9.17, 15) is 25.5 Å². The largest absolute Gasteiger partial charge is 0.437 e. The van der Waals surface area contributed by atoms with E-state index in [2.05, 4.69) is 112 Å². The van der Waals surface area contributed by atoms with Crippen molar-refractivity contribution in [3.8, 4) is 0 Å². The first-order valence-electron chi connectivity index (χ1n) is 24.0. The van der Waals surface area contributed by atoms with E-state index in [4.69, 9.17) is 34.8 Å². The van der Waals surface area contributed by atoms with Gasteiger partial charge in [-0.2, -0.15) is 0 Å². The SMILES string of the molecule is CCC(CC)(CO)COCCC[Si](C)(C)O[Si](C)(C)O[Si](C)(C)CCCOCC(CC)(CO)CO.CCC(CO)(CO)COCCC[Si](C)(O[Si](C)(C)C)O[Si](C)(C)O[Si](C)(C)C. The van der Waals surface area contributed by atoms with E-state index in [1.165, 1.54) is 0 Å². The van der Waals surface area contributed by atoms with E-state index in [0.717, 1.165) is 50.2 Å². The molecular weight excluding hydrogens is 921 g/mol. The van der Waals surface area contributed by atoms with Gasteiger partial charge in [0.05, 0.1) is 52.9 Å². The fourth-order valence-corrected chi connectivity index (χ4v) is 39.6. The van der Waals surface area contributed by atoms with Crippen molar-refractivity contribution in [2.75, 3.05) is 72.7 Å². The minimum atomic E-state index is -2.40. The Balaban J connectivity index is 0. The van der Waals surface area contributed by atoms with Gasteiger partial charge in [0.2, 0.25) is 0 Å². The Bertz CT molecular complexity index is 1100. The fraction of sp³-hybridized carbons (Fsp3) is 1.00. The topological polar surface area (TPSA) is 175 Å². The van der Waals surface area contributed by atoms with Crippen molar-refractivity contribution in [1.29, 1.82) is 0 Å². The highest BCUT2D eigenvalue weighted by Crippen LogP contribution is 2.30. The second kappa shape index (κ2) is 29.9. The van der Waals surface area contributed by atoms with Crippen LogP contribution in [0.4, 0.5) is 0 Å². The number of rotatable bonds is 37. The van der Waals surface area contributed by atoms with Crippen molar-refractivity contribution in [3.63, 3.8) is 0 Å². The van der Waals surface area contributed by atoms with Gasteiger partial charge in [-0.05, 0) is 161 Å². The maximum absolute atomic E-state index is 9.70. The van der Waals surface area contributed by atoms with E-state index in [1.54, 1.807) is 0 Å². The highest BCUT2D eigenvalue weighted by molar-refractivity contribution is 6.89. The third kappa shape index (κ3) is 30.3. The van der Waals surface area contributed by atoms with Gasteiger partial charge in [0.25, 0.3) is 0 Å². The molecule has 1 atom stereocenters. The molecule has 5 N–H and O–H groups in total. The van der Waals surface area contributed by atoms with Gasteiger partial charge in [-0.1, -0.05) is 27.7 Å². The third-order valence-corrected chi connectivity index (χ3v) is 36.6. The molecule has 0 bridgehead atoms. The molecule has 0 aliphatic carbocycles. The molecule has 0 saturated heterocycles. The van der Waals surface area contributed by atoms with Gasteiger partial charge in [0.1, 0.15) is 0 Å². The second-order valence-corrected chi connectivity index (χ2v) is 51.3. The molecule has 0 radical (unpaired) electrons. The quantitative estimate of drug-likeness (QED) is 0.0294. The Morgan fingerprint density at radius 1 is 0.349 bits per heavy atom. The van der Waals surface area contributed by atoms with Crippen LogP contribution in [-0.2, 0) is 34.8 Å². The fourth-order valence-electron chi connectivity index (χ4n) is 7.72. The molecule has 0 heterocycles. The highest BCUT2D eigenvalue weighted by atomic mass is 28.5. The Morgan fingerprint density at radius 2 is 0.635 bits per heavy atom. The van der Waals surface area contributed by atoms with Crippen LogP contribution >= 0.6 is 0 Å². The van der Waals surface area contributed by atoms with E-state index in [0.29, 0.717) is 52.5 Å². The van der Waals surface area contributed by atoms with Crippen LogP contribution in [0.25, 0.3) is 0 Å². The van der Waals surface area contributed by atoms with Crippen LogP contribution in [0.2, 0.25) is 116 Å². The zero-order valence-electron chi connectivity index (χ0n) is 44.4. The normalized spacial score (nSPS) is 15.0. The van der Waals surface area contributed by atoms with Gasteiger partial charge in [0, 0.05) is 36.1 Å². The van der Waals surface area contributed by atoms with Crippen molar-refractivity contribution in [2.24, 2.45) is 16.2 Å². The Kier molecular flexibility index (Phi) is 31.4. The number of hydrogen-bond donors (Lipinski definition) is 5. The van der Waals surface area contributed by atoms with Crippen LogP contribution in [-0.4, -0.2) is 157 Å². The summed E-state index contributed by atoms with van der Waals surface area (Å²) in [6.45, 7) is 44.3. The first-order chi connectivity index (χ1) is 28.7. The number of aliphatic hydroxyl groups is 5. The van der Waals surface area contributed by atoms with Crippen LogP contribution in [0.1, 0.15) is 72.6 Å². The average Bonchev–Trinajstić information content (AvgIpc) is 3.14. The third-order valence-electron chi connectivity index (χ3n) is 11.5. The van der Waals surface area contributed by atoms with Crippen LogP contribution in [0.5, 0.6) is 0 Å². The zero-order valence-corrected chi connectivity index (χ0v) is 51.4. The smallest absolute Gasteiger partial charge is 0.315 e. The summed E-state index contributed by atoms with van der Waals surface area (Å²) in [5.74, 6) is 0. The molecule has 0 rings (SSSR count). The van der Waals surface area contributed by atoms with Crippen molar-refractivity contribution in [3.05, 3.63) is 0 Å². The molecular formula is C43H104O13Si7. The molecule has 0 aromatic carbocycles. The van der Waals surface area contributed by atoms with Crippen LogP contribution in [0.15, 0.2) is 0 Å². The lowest BCUT2D eigenvalue weighted by molar-refractivity contribution is -0.0300. The molecule has 0 amide bonds. The average molecular weight is 1030 g/mol. The highest BCUT2D eigenvalue weighted by Gasteiger charge is 2.44. The van der Waals surface area contributed by atoms with E-state index in [-0.39, 0.29) is 38.4 Å². The lowest BCUT2D eigenvalue weighted by atomic mass is 9.84. The Morgan fingerprint density at radius 3 is 0.921 bits per heavy atom. The van der Waals surface area contributed by atoms with Gasteiger partial charge in [-0.3, -0.25) is 0 Å². The molecule has 0 aliphatic heterocycles. The summed E-state index contributed by atoms with van der Waals surface area (Å²) in [5.41, 5.74) is -1.20. The van der Waals surface area contributed by atoms with Crippen LogP contribution in [0, 0.1) is 16.2 Å². The first-order valence-corrected chi connectivity index (χ1v) is 45.2. The molecule has 0 aromatic heterocycles. The summed E-state index contributed by atoms with van der Waals surface area (Å²) in [5, 5.41) is 47.9. The molecule has 63 heavy (non-hydrogen) atoms. The summed E-state index contributed by atoms with van der Waals surface area (Å²) < 4.78 is 50.5. The summed E-state index contributed by atoms with van der Waals surface area (Å²) >= 11 is 0. The van der Waals surface area contributed by atoms with Gasteiger partial charge < -0.3 is 60.3 Å². The monoisotopic (exact) mass is 1020 g/mol. The standard InChI is InChI=1S/C25H58O7Si3.C18H46O6Si4/c1-10-24(11-2,19-26)22-29-15-13-17-33(4,5)31-35(8,9)32-34(6,7)18-14-16-30-23-25(12-3,20-27)21-28;1-11-18(15-19,16-20)17-21-13-12-14-28(10,23-26(5,6)7)24-27(8,9)22-25(2,3)4/h26-28H,10-23H2,1-9H3;19-20H,11-17H2,1-10H3. The summed E-state index contributed by atoms with van der Waals surface area (Å²) in [6.07, 6.45) is 5.94. The van der Waals surface area contributed by atoms with E-state index < -0.39 is 69.8 Å². The second-order valence-electron chi connectivity index (χ2n) is 22.4. The molecule has 13 nitrogen and oxygen atoms in total. The van der Waals surface area contributed by atoms with Crippen LogP contribution in [0.3, 0.4) is 0 Å². The van der Waals surface area contributed by atoms with Crippen molar-refractivity contribution in [2.45, 2.75) is 189 Å². The molecule has 1 unspecified atom stereocenters. The minimum absolute atomic E-state index is 0.0623. The molecule has 0 fully saturated rings. The predicted molar refractivity (Wildman–Crippen MR) is 278 cm³/mol. The maximum atomic E-state index is 9.70. The van der Waals surface area contributed by atoms with Crippen molar-refractivity contribution in [1.82, 2.24) is 0 Å². The number of ether oxygens (including phenoxy) is 3. The van der Waals surface area contributed by atoms with Crippen LogP contribution < -0.4 is 0 Å². The Labute approximate surface area is 395 Å². The number of aliphatic hydroxyl groups excluding tert-OH is 5. The zero-order chi connectivity index (χ0) is 49.5. The van der Waals surface area contributed by atoms with Crippen molar-refractivity contribution < 1.29 is 60.3 Å². The molecule has 0 spiro atoms. The van der Waals surface area contributed by atoms with Crippen molar-refractivity contribution >= 4 is 59.0 Å². The Hall–Kier alpha value is 0.998. The summed E-state index contributed by atoms with van der Waals surface area (Å²) in [7, 11) is -14.2. The summed E-state index contributed by atoms with van der Waals surface area (Å²) in [6, 6.07) is 2.86. The molecule has 20 heteroatoms. The number of hydrogen-bond acceptors (Lipinski definition) is 13. The molecule has 0 saturated carbocycles. The lowest BCUT2D eigenvalue weighted by Crippen LogP contribution is -2.56. The van der Waals surface area contributed by atoms with Gasteiger partial charge >= 0.3 is 25.7 Å². The minimum Gasteiger partial charge on any atom is -0.437 e. The molecule has 0 aromatic rings. The lowest BCUT2D eigenvalue weighted by Gasteiger charge is -2.41. The first kappa shape index (κ1) is 66.1. The van der Waals surface area contributed by atoms with E-state index >= 15 is 0 Å². The maximum Gasteiger partial charge on any atom is 0.315 e. The molecule has 382 valence electrons. The molecule has 0 aliphatic rings. The van der Waals surface area contributed by atoms with Gasteiger partial charge in [-0.25, -0.2) is 0 Å². The van der Waals surface area contributed by atoms with Gasteiger partial charge in [0.15, 0.2) is 33.3 Å².